The van der Waals surface area contributed by atoms with Crippen LogP contribution in [0.5, 0.6) is 0 Å². The number of carbonyl (C=O) groups is 2. The van der Waals surface area contributed by atoms with Crippen LogP contribution >= 0.6 is 11.6 Å². The van der Waals surface area contributed by atoms with Crippen LogP contribution in [0.15, 0.2) is 23.1 Å². The summed E-state index contributed by atoms with van der Waals surface area (Å²) in [7, 11) is -2.89. The molecule has 1 saturated heterocycles. The zero-order chi connectivity index (χ0) is 16.5. The zero-order valence-electron chi connectivity index (χ0n) is 11.7. The van der Waals surface area contributed by atoms with Gasteiger partial charge in [0.05, 0.1) is 23.5 Å². The highest BCUT2D eigenvalue weighted by Crippen LogP contribution is 2.29. The molecule has 1 atom stereocenters. The van der Waals surface area contributed by atoms with Crippen LogP contribution in [0, 0.1) is 5.92 Å². The standard InChI is InChI=1S/C13H14ClNO6S/c1-21-13(18)10-3-2-9(14)6-11(10)22(19,20)15-5-4-8(7-15)12(16)17/h2-3,6,8H,4-5,7H2,1H3,(H,16,17). The highest BCUT2D eigenvalue weighted by molar-refractivity contribution is 7.89. The molecular weight excluding hydrogens is 334 g/mol. The summed E-state index contributed by atoms with van der Waals surface area (Å²) in [6.45, 7) is -0.0583. The van der Waals surface area contributed by atoms with Crippen molar-refractivity contribution in [2.24, 2.45) is 5.92 Å². The van der Waals surface area contributed by atoms with E-state index in [2.05, 4.69) is 4.74 Å². The van der Waals surface area contributed by atoms with Crippen LogP contribution < -0.4 is 0 Å². The van der Waals surface area contributed by atoms with Gasteiger partial charge in [-0.25, -0.2) is 13.2 Å². The average Bonchev–Trinajstić information content (AvgIpc) is 2.97. The molecule has 1 aromatic carbocycles. The molecule has 1 aromatic rings. The van der Waals surface area contributed by atoms with Gasteiger partial charge in [0.2, 0.25) is 10.0 Å². The number of methoxy groups -OCH3 is 1. The normalized spacial score (nSPS) is 19.1. The molecule has 1 N–H and O–H groups in total. The van der Waals surface area contributed by atoms with Crippen molar-refractivity contribution in [2.75, 3.05) is 20.2 Å². The number of carbonyl (C=O) groups excluding carboxylic acids is 1. The lowest BCUT2D eigenvalue weighted by Crippen LogP contribution is -2.31. The molecule has 1 heterocycles. The first-order valence-corrected chi connectivity index (χ1v) is 8.20. The van der Waals surface area contributed by atoms with Crippen LogP contribution in [0.4, 0.5) is 0 Å². The Morgan fingerprint density at radius 3 is 2.64 bits per heavy atom. The van der Waals surface area contributed by atoms with E-state index in [1.54, 1.807) is 0 Å². The quantitative estimate of drug-likeness (QED) is 0.822. The Morgan fingerprint density at radius 1 is 1.41 bits per heavy atom. The van der Waals surface area contributed by atoms with Crippen LogP contribution in [0.25, 0.3) is 0 Å². The number of aliphatic carboxylic acids is 1. The van der Waals surface area contributed by atoms with Gasteiger partial charge in [-0.3, -0.25) is 4.79 Å². The van der Waals surface area contributed by atoms with Crippen molar-refractivity contribution < 1.29 is 27.9 Å². The number of hydrogen-bond acceptors (Lipinski definition) is 5. The van der Waals surface area contributed by atoms with E-state index < -0.39 is 27.9 Å². The number of ether oxygens (including phenoxy) is 1. The first-order valence-electron chi connectivity index (χ1n) is 6.38. The molecule has 0 bridgehead atoms. The molecule has 1 aliphatic heterocycles. The summed E-state index contributed by atoms with van der Waals surface area (Å²) in [5.74, 6) is -2.60. The van der Waals surface area contributed by atoms with Crippen molar-refractivity contribution in [3.05, 3.63) is 28.8 Å². The Morgan fingerprint density at radius 2 is 2.09 bits per heavy atom. The number of esters is 1. The summed E-state index contributed by atoms with van der Waals surface area (Å²) in [4.78, 5) is 22.4. The minimum atomic E-state index is -4.03. The third-order valence-corrected chi connectivity index (χ3v) is 5.61. The van der Waals surface area contributed by atoms with Crippen molar-refractivity contribution in [3.63, 3.8) is 0 Å². The van der Waals surface area contributed by atoms with Crippen LogP contribution in [0.2, 0.25) is 5.02 Å². The van der Waals surface area contributed by atoms with E-state index in [4.69, 9.17) is 16.7 Å². The Bertz CT molecular complexity index is 717. The van der Waals surface area contributed by atoms with Crippen molar-refractivity contribution in [2.45, 2.75) is 11.3 Å². The van der Waals surface area contributed by atoms with Gasteiger partial charge in [0.25, 0.3) is 0 Å². The van der Waals surface area contributed by atoms with E-state index in [9.17, 15) is 18.0 Å². The molecule has 0 radical (unpaired) electrons. The molecule has 1 fully saturated rings. The van der Waals surface area contributed by atoms with Gasteiger partial charge >= 0.3 is 11.9 Å². The highest BCUT2D eigenvalue weighted by Gasteiger charge is 2.37. The number of nitrogens with zero attached hydrogens (tertiary/aromatic N) is 1. The van der Waals surface area contributed by atoms with Crippen LogP contribution in [0.3, 0.4) is 0 Å². The second kappa shape index (κ2) is 6.23. The lowest BCUT2D eigenvalue weighted by atomic mass is 10.1. The number of carboxylic acid groups (broad SMARTS) is 1. The van der Waals surface area contributed by atoms with Gasteiger partial charge in [0.1, 0.15) is 0 Å². The zero-order valence-corrected chi connectivity index (χ0v) is 13.2. The predicted molar refractivity (Wildman–Crippen MR) is 77.3 cm³/mol. The molecule has 9 heteroatoms. The highest BCUT2D eigenvalue weighted by atomic mass is 35.5. The lowest BCUT2D eigenvalue weighted by Gasteiger charge is -2.18. The molecule has 2 rings (SSSR count). The van der Waals surface area contributed by atoms with Crippen molar-refractivity contribution in [1.82, 2.24) is 4.31 Å². The monoisotopic (exact) mass is 347 g/mol. The van der Waals surface area contributed by atoms with Gasteiger partial charge in [0.15, 0.2) is 0 Å². The van der Waals surface area contributed by atoms with E-state index in [1.165, 1.54) is 12.1 Å². The molecule has 120 valence electrons. The van der Waals surface area contributed by atoms with Crippen molar-refractivity contribution >= 4 is 33.6 Å². The molecular formula is C13H14ClNO6S. The van der Waals surface area contributed by atoms with E-state index in [0.717, 1.165) is 17.5 Å². The fourth-order valence-corrected chi connectivity index (χ4v) is 4.22. The third-order valence-electron chi connectivity index (χ3n) is 3.47. The maximum absolute atomic E-state index is 12.7. The fraction of sp³-hybridized carbons (Fsp3) is 0.385. The number of halogens is 1. The number of carboxylic acids is 1. The van der Waals surface area contributed by atoms with Gasteiger partial charge in [-0.2, -0.15) is 4.31 Å². The summed E-state index contributed by atoms with van der Waals surface area (Å²) in [5, 5.41) is 9.13. The molecule has 0 amide bonds. The first kappa shape index (κ1) is 16.7. The van der Waals surface area contributed by atoms with Gasteiger partial charge < -0.3 is 9.84 Å². The molecule has 7 nitrogen and oxygen atoms in total. The second-order valence-electron chi connectivity index (χ2n) is 4.82. The maximum Gasteiger partial charge on any atom is 0.339 e. The molecule has 0 aliphatic carbocycles. The lowest BCUT2D eigenvalue weighted by molar-refractivity contribution is -0.141. The van der Waals surface area contributed by atoms with Crippen molar-refractivity contribution in [1.29, 1.82) is 0 Å². The molecule has 1 unspecified atom stereocenters. The average molecular weight is 348 g/mol. The molecule has 22 heavy (non-hydrogen) atoms. The summed E-state index contributed by atoms with van der Waals surface area (Å²) < 4.78 is 30.9. The Balaban J connectivity index is 2.44. The number of benzene rings is 1. The Labute approximate surface area is 132 Å². The first-order chi connectivity index (χ1) is 10.3. The van der Waals surface area contributed by atoms with Crippen molar-refractivity contribution in [3.8, 4) is 0 Å². The van der Waals surface area contributed by atoms with E-state index >= 15 is 0 Å². The molecule has 0 spiro atoms. The molecule has 1 aliphatic rings. The van der Waals surface area contributed by atoms with Gasteiger partial charge in [-0.05, 0) is 24.6 Å². The number of hydrogen-bond donors (Lipinski definition) is 1. The largest absolute Gasteiger partial charge is 0.481 e. The Hall–Kier alpha value is -1.64. The van der Waals surface area contributed by atoms with E-state index in [1.807, 2.05) is 0 Å². The summed E-state index contributed by atoms with van der Waals surface area (Å²) in [5.41, 5.74) is -0.134. The predicted octanol–water partition coefficient (Wildman–Crippen LogP) is 1.22. The van der Waals surface area contributed by atoms with E-state index in [-0.39, 0.29) is 35.0 Å². The van der Waals surface area contributed by atoms with Crippen LogP contribution in [0.1, 0.15) is 16.8 Å². The van der Waals surface area contributed by atoms with Crippen LogP contribution in [-0.2, 0) is 19.6 Å². The van der Waals surface area contributed by atoms with Gasteiger partial charge in [0, 0.05) is 18.1 Å². The smallest absolute Gasteiger partial charge is 0.339 e. The van der Waals surface area contributed by atoms with Crippen LogP contribution in [-0.4, -0.2) is 50.0 Å². The Kier molecular flexibility index (Phi) is 4.74. The minimum Gasteiger partial charge on any atom is -0.481 e. The summed E-state index contributed by atoms with van der Waals surface area (Å²) in [6.07, 6.45) is 0.225. The third kappa shape index (κ3) is 3.08. The topological polar surface area (TPSA) is 101 Å². The molecule has 0 aromatic heterocycles. The number of sulfonamides is 1. The maximum atomic E-state index is 12.7. The van der Waals surface area contributed by atoms with Gasteiger partial charge in [-0.1, -0.05) is 11.6 Å². The molecule has 0 saturated carbocycles. The van der Waals surface area contributed by atoms with Gasteiger partial charge in [-0.15, -0.1) is 0 Å². The number of rotatable bonds is 4. The second-order valence-corrected chi connectivity index (χ2v) is 7.16. The summed E-state index contributed by atoms with van der Waals surface area (Å²) in [6, 6.07) is 3.82. The SMILES string of the molecule is COC(=O)c1ccc(Cl)cc1S(=O)(=O)N1CCC(C(=O)O)C1. The summed E-state index contributed by atoms with van der Waals surface area (Å²) >= 11 is 5.83. The van der Waals surface area contributed by atoms with E-state index in [0.29, 0.717) is 0 Å². The fourth-order valence-electron chi connectivity index (χ4n) is 2.28. The minimum absolute atomic E-state index is 0.0758.